The van der Waals surface area contributed by atoms with Crippen LogP contribution in [0.25, 0.3) is 0 Å². The van der Waals surface area contributed by atoms with Gasteiger partial charge in [0.1, 0.15) is 0 Å². The van der Waals surface area contributed by atoms with Gasteiger partial charge in [-0.1, -0.05) is 0 Å². The van der Waals surface area contributed by atoms with Crippen LogP contribution in [0.2, 0.25) is 0 Å². The van der Waals surface area contributed by atoms with E-state index in [1.165, 1.54) is 5.55 Å². The maximum Gasteiger partial charge on any atom is 0.0506 e. The fourth-order valence-electron chi connectivity index (χ4n) is 0. The summed E-state index contributed by atoms with van der Waals surface area (Å²) in [6.07, 6.45) is 3.28. The van der Waals surface area contributed by atoms with Crippen molar-refractivity contribution in [1.82, 2.24) is 0 Å². The highest BCUT2D eigenvalue weighted by molar-refractivity contribution is 8.13. The minimum absolute atomic E-state index is 1.15. The third kappa shape index (κ3) is 2.02. The van der Waals surface area contributed by atoms with E-state index in [-0.39, 0.29) is 0 Å². The van der Waals surface area contributed by atoms with Gasteiger partial charge < -0.3 is 5.41 Å². The Kier molecular flexibility index (Phi) is 3.04. The summed E-state index contributed by atoms with van der Waals surface area (Å²) in [5.41, 5.74) is 1.18. The van der Waals surface area contributed by atoms with Crippen LogP contribution in [0.5, 0.6) is 0 Å². The van der Waals surface area contributed by atoms with Gasteiger partial charge >= 0.3 is 0 Å². The second-order valence-electron chi connectivity index (χ2n) is 0.285. The first-order valence-corrected chi connectivity index (χ1v) is 1.86. The second-order valence-corrected chi connectivity index (χ2v) is 0.854. The molecule has 23 valence electrons. The van der Waals surface area contributed by atoms with Gasteiger partial charge in [0.2, 0.25) is 0 Å². The molecule has 0 fully saturated rings. The van der Waals surface area contributed by atoms with Gasteiger partial charge in [-0.2, -0.15) is 0 Å². The monoisotopic (exact) mass is 74.0 g/mol. The largest absolute Gasteiger partial charge is 0.302 e. The SMILES string of the molecule is [CH2]SC=N. The summed E-state index contributed by atoms with van der Waals surface area (Å²) >= 11 is 1.15. The Hall–Kier alpha value is 0.0200. The average Bonchev–Trinajstić information content (AvgIpc) is 1.37. The van der Waals surface area contributed by atoms with Crippen molar-refractivity contribution < 1.29 is 0 Å². The molecule has 0 saturated heterocycles. The van der Waals surface area contributed by atoms with E-state index in [2.05, 4.69) is 6.26 Å². The van der Waals surface area contributed by atoms with E-state index < -0.39 is 0 Å². The average molecular weight is 74.1 g/mol. The van der Waals surface area contributed by atoms with E-state index in [1.54, 1.807) is 0 Å². The van der Waals surface area contributed by atoms with Crippen LogP contribution in [-0.4, -0.2) is 5.55 Å². The Morgan fingerprint density at radius 3 is 2.25 bits per heavy atom. The summed E-state index contributed by atoms with van der Waals surface area (Å²) < 4.78 is 0. The molecule has 2 heteroatoms. The molecule has 0 aliphatic rings. The number of rotatable bonds is 1. The van der Waals surface area contributed by atoms with Crippen LogP contribution in [-0.2, 0) is 0 Å². The lowest BCUT2D eigenvalue weighted by Gasteiger charge is -1.57. The summed E-state index contributed by atoms with van der Waals surface area (Å²) in [7, 11) is 0. The lowest BCUT2D eigenvalue weighted by atomic mass is 11.7. The van der Waals surface area contributed by atoms with Crippen LogP contribution in [0.3, 0.4) is 0 Å². The topological polar surface area (TPSA) is 23.9 Å². The Morgan fingerprint density at radius 2 is 2.25 bits per heavy atom. The van der Waals surface area contributed by atoms with E-state index in [1.807, 2.05) is 0 Å². The van der Waals surface area contributed by atoms with Crippen LogP contribution in [0, 0.1) is 11.7 Å². The zero-order valence-electron chi connectivity index (χ0n) is 2.19. The lowest BCUT2D eigenvalue weighted by molar-refractivity contribution is 1.60. The molecule has 0 bridgehead atoms. The first kappa shape index (κ1) is 4.02. The molecule has 4 heavy (non-hydrogen) atoms. The Balaban J connectivity index is 2.30. The molecule has 0 atom stereocenters. The summed E-state index contributed by atoms with van der Waals surface area (Å²) in [5, 5.41) is 6.23. The van der Waals surface area contributed by atoms with Crippen LogP contribution in [0.15, 0.2) is 0 Å². The predicted molar refractivity (Wildman–Crippen MR) is 21.7 cm³/mol. The molecule has 1 N–H and O–H groups in total. The molecule has 0 rings (SSSR count). The highest BCUT2D eigenvalue weighted by Crippen LogP contribution is 1.79. The molecule has 0 aliphatic heterocycles. The van der Waals surface area contributed by atoms with Gasteiger partial charge in [0.05, 0.1) is 5.55 Å². The second kappa shape index (κ2) is 3.02. The molecule has 0 spiro atoms. The van der Waals surface area contributed by atoms with Crippen molar-refractivity contribution in [2.24, 2.45) is 0 Å². The number of hydrogen-bond donors (Lipinski definition) is 1. The lowest BCUT2D eigenvalue weighted by Crippen LogP contribution is -1.37. The molecule has 0 amide bonds. The van der Waals surface area contributed by atoms with Crippen LogP contribution >= 0.6 is 11.8 Å². The predicted octanol–water partition coefficient (Wildman–Crippen LogP) is 1.12. The summed E-state index contributed by atoms with van der Waals surface area (Å²) in [6.45, 7) is 0. The van der Waals surface area contributed by atoms with Crippen LogP contribution in [0.4, 0.5) is 0 Å². The molecule has 0 unspecified atom stereocenters. The maximum atomic E-state index is 6.23. The fraction of sp³-hybridized carbons (Fsp3) is 0. The third-order valence-electron chi connectivity index (χ3n) is 0.0833. The molecule has 0 aliphatic carbocycles. The summed E-state index contributed by atoms with van der Waals surface area (Å²) in [6, 6.07) is 0. The highest BCUT2D eigenvalue weighted by Gasteiger charge is 1.46. The molecule has 0 aromatic carbocycles. The van der Waals surface area contributed by atoms with Gasteiger partial charge in [-0.05, 0) is 0 Å². The Morgan fingerprint density at radius 1 is 2.00 bits per heavy atom. The quantitative estimate of drug-likeness (QED) is 0.365. The van der Waals surface area contributed by atoms with Gasteiger partial charge in [0, 0.05) is 6.26 Å². The maximum absolute atomic E-state index is 6.23. The first-order valence-electron chi connectivity index (χ1n) is 0.813. The van der Waals surface area contributed by atoms with Crippen molar-refractivity contribution >= 4 is 17.3 Å². The van der Waals surface area contributed by atoms with Crippen molar-refractivity contribution in [3.8, 4) is 0 Å². The zero-order chi connectivity index (χ0) is 3.41. The van der Waals surface area contributed by atoms with Gasteiger partial charge in [0.15, 0.2) is 0 Å². The minimum Gasteiger partial charge on any atom is -0.302 e. The smallest absolute Gasteiger partial charge is 0.0506 e. The molecular weight excluding hydrogens is 70.1 g/mol. The van der Waals surface area contributed by atoms with Crippen molar-refractivity contribution in [3.63, 3.8) is 0 Å². The van der Waals surface area contributed by atoms with Crippen molar-refractivity contribution in [3.05, 3.63) is 6.26 Å². The highest BCUT2D eigenvalue weighted by atomic mass is 32.2. The van der Waals surface area contributed by atoms with Crippen molar-refractivity contribution in [2.75, 3.05) is 0 Å². The van der Waals surface area contributed by atoms with E-state index in [0.29, 0.717) is 0 Å². The van der Waals surface area contributed by atoms with Gasteiger partial charge in [-0.3, -0.25) is 0 Å². The molecular formula is C2H4NS. The van der Waals surface area contributed by atoms with E-state index >= 15 is 0 Å². The minimum atomic E-state index is 1.15. The molecule has 0 aromatic heterocycles. The van der Waals surface area contributed by atoms with E-state index in [9.17, 15) is 0 Å². The number of hydrogen-bond acceptors (Lipinski definition) is 2. The molecule has 0 aromatic rings. The zero-order valence-corrected chi connectivity index (χ0v) is 3.01. The standard InChI is InChI=1S/C2H4NS/c1-4-2-3/h2-3H,1H2. The van der Waals surface area contributed by atoms with E-state index in [0.717, 1.165) is 11.8 Å². The molecule has 1 nitrogen and oxygen atoms in total. The first-order chi connectivity index (χ1) is 1.91. The Labute approximate surface area is 29.9 Å². The number of thioether (sulfide) groups is 1. The molecule has 1 radical (unpaired) electrons. The van der Waals surface area contributed by atoms with Crippen LogP contribution < -0.4 is 0 Å². The van der Waals surface area contributed by atoms with Gasteiger partial charge in [-0.15, -0.1) is 11.8 Å². The summed E-state index contributed by atoms with van der Waals surface area (Å²) in [4.78, 5) is 0. The Bertz CT molecular complexity index is 20.0. The fourth-order valence-corrected chi connectivity index (χ4v) is 0. The molecule has 0 saturated carbocycles. The van der Waals surface area contributed by atoms with Gasteiger partial charge in [-0.25, -0.2) is 0 Å². The normalized spacial score (nSPS) is 6.25. The third-order valence-corrected chi connectivity index (χ3v) is 0.250. The number of nitrogens with one attached hydrogen (secondary N) is 1. The van der Waals surface area contributed by atoms with E-state index in [4.69, 9.17) is 5.41 Å². The van der Waals surface area contributed by atoms with Crippen molar-refractivity contribution in [2.45, 2.75) is 0 Å². The van der Waals surface area contributed by atoms with Crippen LogP contribution in [0.1, 0.15) is 0 Å². The summed E-state index contributed by atoms with van der Waals surface area (Å²) in [5.74, 6) is 0. The van der Waals surface area contributed by atoms with Gasteiger partial charge in [0.25, 0.3) is 0 Å². The van der Waals surface area contributed by atoms with Crippen molar-refractivity contribution in [1.29, 1.82) is 5.41 Å². The molecule has 0 heterocycles.